The van der Waals surface area contributed by atoms with Gasteiger partial charge in [-0.05, 0) is 19.1 Å². The van der Waals surface area contributed by atoms with Crippen molar-refractivity contribution >= 4 is 17.7 Å². The first-order valence-corrected chi connectivity index (χ1v) is 11.3. The average molecular weight is 478 g/mol. The maximum Gasteiger partial charge on any atom is 0.253 e. The zero-order valence-electron chi connectivity index (χ0n) is 18.0. The zero-order valence-corrected chi connectivity index (χ0v) is 18.9. The van der Waals surface area contributed by atoms with E-state index in [1.807, 2.05) is 30.3 Å². The van der Waals surface area contributed by atoms with Gasteiger partial charge in [0, 0.05) is 18.5 Å². The fraction of sp³-hybridized carbons (Fsp3) is 0.182. The maximum absolute atomic E-state index is 11.3. The van der Waals surface area contributed by atoms with Gasteiger partial charge in [0.25, 0.3) is 5.89 Å². The molecule has 5 aromatic rings. The van der Waals surface area contributed by atoms with Gasteiger partial charge in [0.05, 0.1) is 12.0 Å². The van der Waals surface area contributed by atoms with Gasteiger partial charge in [-0.2, -0.15) is 0 Å². The molecule has 0 unspecified atom stereocenters. The number of nitrogens with two attached hydrogens (primary N) is 1. The molecule has 0 spiro atoms. The van der Waals surface area contributed by atoms with Crippen LogP contribution in [0.25, 0.3) is 34.3 Å². The minimum Gasteiger partial charge on any atom is -0.461 e. The number of hydrogen-bond donors (Lipinski definition) is 1. The lowest BCUT2D eigenvalue weighted by Gasteiger charge is -2.07. The van der Waals surface area contributed by atoms with Gasteiger partial charge in [-0.1, -0.05) is 47.3 Å². The lowest BCUT2D eigenvalue weighted by molar-refractivity contribution is -0.118. The second kappa shape index (κ2) is 9.35. The van der Waals surface area contributed by atoms with E-state index in [1.165, 1.54) is 11.8 Å². The topological polar surface area (TPSA) is 152 Å². The number of benzene rings is 1. The molecule has 0 bridgehead atoms. The van der Waals surface area contributed by atoms with E-state index in [-0.39, 0.29) is 6.42 Å². The third-order valence-electron chi connectivity index (χ3n) is 4.96. The molecule has 0 saturated heterocycles. The van der Waals surface area contributed by atoms with E-state index in [0.29, 0.717) is 57.8 Å². The largest absolute Gasteiger partial charge is 0.461 e. The van der Waals surface area contributed by atoms with Crippen LogP contribution in [0.2, 0.25) is 0 Å². The Morgan fingerprint density at radius 1 is 1.09 bits per heavy atom. The van der Waals surface area contributed by atoms with Gasteiger partial charge >= 0.3 is 0 Å². The lowest BCUT2D eigenvalue weighted by Crippen LogP contribution is -2.15. The van der Waals surface area contributed by atoms with E-state index in [9.17, 15) is 4.79 Å². The van der Waals surface area contributed by atoms with Crippen LogP contribution in [-0.2, 0) is 17.1 Å². The van der Waals surface area contributed by atoms with E-state index in [0.717, 1.165) is 5.56 Å². The molecule has 0 aliphatic rings. The lowest BCUT2D eigenvalue weighted by atomic mass is 10.1. The van der Waals surface area contributed by atoms with E-state index in [1.54, 1.807) is 29.9 Å². The fourth-order valence-electron chi connectivity index (χ4n) is 3.36. The van der Waals surface area contributed by atoms with Crippen molar-refractivity contribution in [3.05, 3.63) is 60.4 Å². The monoisotopic (exact) mass is 477 g/mol. The van der Waals surface area contributed by atoms with Crippen molar-refractivity contribution in [3.63, 3.8) is 0 Å². The van der Waals surface area contributed by atoms with E-state index in [4.69, 9.17) is 19.1 Å². The van der Waals surface area contributed by atoms with Crippen molar-refractivity contribution in [1.82, 2.24) is 30.1 Å². The number of amides is 1. The molecular weight excluding hydrogens is 458 g/mol. The molecule has 34 heavy (non-hydrogen) atoms. The number of furan rings is 1. The molecule has 2 N–H and O–H groups in total. The Labute approximate surface area is 197 Å². The summed E-state index contributed by atoms with van der Waals surface area (Å²) in [5.74, 6) is 2.26. The number of carbonyl (C=O) groups excluding carboxylic acids is 1. The molecule has 172 valence electrons. The van der Waals surface area contributed by atoms with Crippen LogP contribution in [-0.4, -0.2) is 36.0 Å². The predicted molar refractivity (Wildman–Crippen MR) is 121 cm³/mol. The molecule has 0 aliphatic carbocycles. The second-order valence-corrected chi connectivity index (χ2v) is 8.21. The van der Waals surface area contributed by atoms with Crippen LogP contribution in [0.5, 0.6) is 0 Å². The van der Waals surface area contributed by atoms with Gasteiger partial charge in [0.15, 0.2) is 16.7 Å². The SMILES string of the molecule is Cc1onc(-c2ccccc2)c1-c1nnc(CSc2nnc(-c3ccco3)n2CCC(N)=O)o1. The Kier molecular flexibility index (Phi) is 5.95. The van der Waals surface area contributed by atoms with Crippen molar-refractivity contribution in [2.24, 2.45) is 5.73 Å². The molecule has 0 atom stereocenters. The van der Waals surface area contributed by atoms with Crippen LogP contribution in [0.3, 0.4) is 0 Å². The Balaban J connectivity index is 1.37. The molecule has 4 heterocycles. The second-order valence-electron chi connectivity index (χ2n) is 7.27. The normalized spacial score (nSPS) is 11.2. The molecule has 0 fully saturated rings. The van der Waals surface area contributed by atoms with Crippen LogP contribution in [0.4, 0.5) is 0 Å². The summed E-state index contributed by atoms with van der Waals surface area (Å²) in [6, 6.07) is 13.2. The van der Waals surface area contributed by atoms with Crippen molar-refractivity contribution in [1.29, 1.82) is 0 Å². The van der Waals surface area contributed by atoms with Gasteiger partial charge in [-0.15, -0.1) is 20.4 Å². The maximum atomic E-state index is 11.3. The summed E-state index contributed by atoms with van der Waals surface area (Å²) in [4.78, 5) is 11.3. The summed E-state index contributed by atoms with van der Waals surface area (Å²) in [6.45, 7) is 2.11. The first kappa shape index (κ1) is 21.6. The molecule has 0 aliphatic heterocycles. The Hall–Kier alpha value is -4.19. The summed E-state index contributed by atoms with van der Waals surface area (Å²) in [5, 5.41) is 21.5. The summed E-state index contributed by atoms with van der Waals surface area (Å²) < 4.78 is 18.5. The molecular formula is C22H19N7O4S. The van der Waals surface area contributed by atoms with Crippen molar-refractivity contribution in [2.75, 3.05) is 0 Å². The number of nitrogens with zero attached hydrogens (tertiary/aromatic N) is 6. The number of aryl methyl sites for hydroxylation is 1. The van der Waals surface area contributed by atoms with Gasteiger partial charge in [-0.3, -0.25) is 9.36 Å². The highest BCUT2D eigenvalue weighted by Crippen LogP contribution is 2.34. The minimum absolute atomic E-state index is 0.138. The van der Waals surface area contributed by atoms with Crippen LogP contribution < -0.4 is 5.73 Å². The van der Waals surface area contributed by atoms with E-state index < -0.39 is 5.91 Å². The number of thioether (sulfide) groups is 1. The minimum atomic E-state index is -0.421. The molecule has 5 rings (SSSR count). The van der Waals surface area contributed by atoms with Crippen molar-refractivity contribution in [3.8, 4) is 34.3 Å². The number of aromatic nitrogens is 6. The van der Waals surface area contributed by atoms with Crippen LogP contribution in [0.15, 0.2) is 67.2 Å². The predicted octanol–water partition coefficient (Wildman–Crippen LogP) is 3.72. The molecule has 0 saturated carbocycles. The van der Waals surface area contributed by atoms with Crippen LogP contribution in [0, 0.1) is 6.92 Å². The Morgan fingerprint density at radius 3 is 2.71 bits per heavy atom. The summed E-state index contributed by atoms with van der Waals surface area (Å²) in [6.07, 6.45) is 1.69. The fourth-order valence-corrected chi connectivity index (χ4v) is 4.16. The van der Waals surface area contributed by atoms with Gasteiger partial charge in [0.2, 0.25) is 11.8 Å². The number of carbonyl (C=O) groups is 1. The Bertz CT molecular complexity index is 1410. The number of primary amides is 1. The number of rotatable bonds is 9. The molecule has 11 nitrogen and oxygen atoms in total. The van der Waals surface area contributed by atoms with Crippen molar-refractivity contribution in [2.45, 2.75) is 30.8 Å². The first-order chi connectivity index (χ1) is 16.6. The molecule has 1 amide bonds. The van der Waals surface area contributed by atoms with Gasteiger partial charge in [-0.25, -0.2) is 0 Å². The summed E-state index contributed by atoms with van der Waals surface area (Å²) in [5.41, 5.74) is 7.51. The molecule has 12 heteroatoms. The third-order valence-corrected chi connectivity index (χ3v) is 5.91. The first-order valence-electron chi connectivity index (χ1n) is 10.3. The van der Waals surface area contributed by atoms with Crippen LogP contribution in [0.1, 0.15) is 18.1 Å². The zero-order chi connectivity index (χ0) is 23.5. The van der Waals surface area contributed by atoms with E-state index >= 15 is 0 Å². The quantitative estimate of drug-likeness (QED) is 0.311. The highest BCUT2D eigenvalue weighted by molar-refractivity contribution is 7.98. The van der Waals surface area contributed by atoms with Crippen LogP contribution >= 0.6 is 11.8 Å². The molecule has 4 aromatic heterocycles. The smallest absolute Gasteiger partial charge is 0.253 e. The van der Waals surface area contributed by atoms with Gasteiger partial charge < -0.3 is 19.1 Å². The summed E-state index contributed by atoms with van der Waals surface area (Å²) in [7, 11) is 0. The Morgan fingerprint density at radius 2 is 1.94 bits per heavy atom. The number of hydrogen-bond acceptors (Lipinski definition) is 10. The highest BCUT2D eigenvalue weighted by Gasteiger charge is 2.23. The standard InChI is InChI=1S/C22H19N7O4S/c1-13-18(19(28-33-13)14-6-3-2-4-7-14)21-26-24-17(32-21)12-34-22-27-25-20(15-8-5-11-31-15)29(22)10-9-16(23)30/h2-8,11H,9-10,12H2,1H3,(H2,23,30). The summed E-state index contributed by atoms with van der Waals surface area (Å²) >= 11 is 1.35. The van der Waals surface area contributed by atoms with E-state index in [2.05, 4.69) is 25.6 Å². The molecule has 1 aromatic carbocycles. The highest BCUT2D eigenvalue weighted by atomic mass is 32.2. The molecule has 0 radical (unpaired) electrons. The third kappa shape index (κ3) is 4.35. The van der Waals surface area contributed by atoms with Gasteiger partial charge in [0.1, 0.15) is 17.0 Å². The van der Waals surface area contributed by atoms with Crippen molar-refractivity contribution < 1.29 is 18.2 Å². The average Bonchev–Trinajstić information content (AvgIpc) is 3.63.